The minimum absolute atomic E-state index is 0.152. The van der Waals surface area contributed by atoms with Gasteiger partial charge in [-0.2, -0.15) is 5.26 Å². The predicted molar refractivity (Wildman–Crippen MR) is 181 cm³/mol. The second-order valence-electron chi connectivity index (χ2n) is 13.1. The second kappa shape index (κ2) is 13.9. The van der Waals surface area contributed by atoms with Crippen molar-refractivity contribution in [2.45, 2.75) is 69.2 Å². The second-order valence-corrected chi connectivity index (χ2v) is 15.5. The number of urea groups is 1. The van der Waals surface area contributed by atoms with E-state index in [4.69, 9.17) is 11.6 Å². The number of nitriles is 1. The number of rotatable bonds is 10. The molecule has 47 heavy (non-hydrogen) atoms. The third-order valence-corrected chi connectivity index (χ3v) is 10.4. The molecule has 2 fully saturated rings. The molecular weight excluding hydrogens is 641 g/mol. The molecule has 3 N–H and O–H groups in total. The molecule has 246 valence electrons. The molecule has 2 aliphatic rings. The summed E-state index contributed by atoms with van der Waals surface area (Å²) in [6.45, 7) is 5.27. The Kier molecular flexibility index (Phi) is 10.2. The first-order valence-corrected chi connectivity index (χ1v) is 17.0. The molecule has 0 spiro atoms. The third kappa shape index (κ3) is 8.07. The summed E-state index contributed by atoms with van der Waals surface area (Å²) in [5, 5.41) is 15.5. The molecule has 3 aromatic carbocycles. The number of amides is 3. The first kappa shape index (κ1) is 34.2. The van der Waals surface area contributed by atoms with E-state index in [1.807, 2.05) is 26.8 Å². The molecule has 12 heteroatoms. The monoisotopic (exact) mass is 677 g/mol. The van der Waals surface area contributed by atoms with E-state index in [0.29, 0.717) is 39.7 Å². The van der Waals surface area contributed by atoms with Crippen molar-refractivity contribution < 1.29 is 23.0 Å². The van der Waals surface area contributed by atoms with Crippen LogP contribution in [0.25, 0.3) is 0 Å². The molecule has 3 amide bonds. The molecule has 3 atom stereocenters. The molecule has 0 bridgehead atoms. The van der Waals surface area contributed by atoms with E-state index >= 15 is 4.39 Å². The Bertz CT molecular complexity index is 1750. The van der Waals surface area contributed by atoms with Crippen LogP contribution in [-0.4, -0.2) is 44.2 Å². The molecule has 2 unspecified atom stereocenters. The standard InChI is InChI=1S/C35H37ClFN5O4S/c1-34(2,3)47(46)41-35(16-15-22-7-8-22,24-6-4-5-23(17-24)20-38)25-9-14-29(37)30(18-25)40-32(44)31-19-28(43)21-42(31)33(45)39-27-12-10-26(36)11-13-27/h4-6,9-14,17-18,22,31,41H,7-8,15-16,19,21H2,1-3H3,(H,39,45)(H,40,44)/t31-,35?,47?/m1/s1. The summed E-state index contributed by atoms with van der Waals surface area (Å²) in [7, 11) is -1.58. The van der Waals surface area contributed by atoms with Crippen molar-refractivity contribution in [3.63, 3.8) is 0 Å². The lowest BCUT2D eigenvalue weighted by Gasteiger charge is -2.38. The van der Waals surface area contributed by atoms with Gasteiger partial charge in [-0.25, -0.2) is 18.1 Å². The minimum atomic E-state index is -1.58. The summed E-state index contributed by atoms with van der Waals surface area (Å²) in [4.78, 5) is 40.3. The van der Waals surface area contributed by atoms with Gasteiger partial charge in [-0.1, -0.05) is 42.6 Å². The van der Waals surface area contributed by atoms with Crippen LogP contribution in [-0.2, 0) is 26.1 Å². The number of likely N-dealkylation sites (tertiary alicyclic amines) is 1. The van der Waals surface area contributed by atoms with Gasteiger partial charge in [0.2, 0.25) is 5.91 Å². The van der Waals surface area contributed by atoms with Crippen LogP contribution in [0.3, 0.4) is 0 Å². The normalized spacial score (nSPS) is 18.3. The van der Waals surface area contributed by atoms with Gasteiger partial charge in [0.05, 0.1) is 45.1 Å². The number of carbonyl (C=O) groups excluding carboxylic acids is 3. The molecule has 5 rings (SSSR count). The molecule has 1 aliphatic heterocycles. The zero-order chi connectivity index (χ0) is 33.9. The van der Waals surface area contributed by atoms with Crippen molar-refractivity contribution in [2.24, 2.45) is 5.92 Å². The van der Waals surface area contributed by atoms with E-state index in [9.17, 15) is 23.9 Å². The summed E-state index contributed by atoms with van der Waals surface area (Å²) in [5.74, 6) is -1.25. The number of nitrogens with zero attached hydrogens (tertiary/aromatic N) is 2. The van der Waals surface area contributed by atoms with Gasteiger partial charge in [0.15, 0.2) is 5.78 Å². The van der Waals surface area contributed by atoms with Crippen LogP contribution in [0.4, 0.5) is 20.6 Å². The molecule has 0 radical (unpaired) electrons. The molecular formula is C35H37ClFN5O4S. The highest BCUT2D eigenvalue weighted by molar-refractivity contribution is 7.84. The number of anilines is 2. The number of nitrogens with one attached hydrogen (secondary N) is 3. The van der Waals surface area contributed by atoms with Gasteiger partial charge in [0.25, 0.3) is 0 Å². The van der Waals surface area contributed by atoms with E-state index in [2.05, 4.69) is 21.4 Å². The smallest absolute Gasteiger partial charge is 0.322 e. The highest BCUT2D eigenvalue weighted by Crippen LogP contribution is 2.43. The molecule has 3 aromatic rings. The van der Waals surface area contributed by atoms with Gasteiger partial charge in [-0.15, -0.1) is 0 Å². The average molecular weight is 678 g/mol. The maximum atomic E-state index is 15.4. The average Bonchev–Trinajstić information content (AvgIpc) is 3.79. The Morgan fingerprint density at radius 1 is 1.04 bits per heavy atom. The summed E-state index contributed by atoms with van der Waals surface area (Å²) < 4.78 is 31.9. The van der Waals surface area contributed by atoms with Crippen LogP contribution in [0.1, 0.15) is 69.6 Å². The Labute approximate surface area is 281 Å². The summed E-state index contributed by atoms with van der Waals surface area (Å²) >= 11 is 5.93. The zero-order valence-corrected chi connectivity index (χ0v) is 28.0. The van der Waals surface area contributed by atoms with Crippen molar-refractivity contribution in [1.82, 2.24) is 9.62 Å². The molecule has 1 aliphatic carbocycles. The van der Waals surface area contributed by atoms with Gasteiger partial charge >= 0.3 is 6.03 Å². The topological polar surface area (TPSA) is 131 Å². The van der Waals surface area contributed by atoms with Crippen molar-refractivity contribution in [2.75, 3.05) is 17.2 Å². The Morgan fingerprint density at radius 3 is 2.40 bits per heavy atom. The van der Waals surface area contributed by atoms with Gasteiger partial charge in [-0.05, 0) is 99.2 Å². The van der Waals surface area contributed by atoms with E-state index in [0.717, 1.165) is 24.2 Å². The molecule has 1 saturated carbocycles. The van der Waals surface area contributed by atoms with E-state index in [1.165, 1.54) is 12.1 Å². The van der Waals surface area contributed by atoms with E-state index < -0.39 is 45.1 Å². The third-order valence-electron chi connectivity index (χ3n) is 8.45. The number of halogens is 2. The Balaban J connectivity index is 1.49. The zero-order valence-electron chi connectivity index (χ0n) is 26.4. The largest absolute Gasteiger partial charge is 0.322 e. The predicted octanol–water partition coefficient (Wildman–Crippen LogP) is 6.65. The maximum Gasteiger partial charge on any atom is 0.322 e. The van der Waals surface area contributed by atoms with Crippen molar-refractivity contribution in [1.29, 1.82) is 5.26 Å². The van der Waals surface area contributed by atoms with Gasteiger partial charge in [0.1, 0.15) is 11.9 Å². The van der Waals surface area contributed by atoms with E-state index in [1.54, 1.807) is 48.5 Å². The summed E-state index contributed by atoms with van der Waals surface area (Å²) in [6, 6.07) is 18.1. The van der Waals surface area contributed by atoms with Gasteiger partial charge in [-0.3, -0.25) is 9.59 Å². The lowest BCUT2D eigenvalue weighted by Crippen LogP contribution is -2.49. The summed E-state index contributed by atoms with van der Waals surface area (Å²) in [6.07, 6.45) is 3.25. The maximum absolute atomic E-state index is 15.4. The highest BCUT2D eigenvalue weighted by atomic mass is 35.5. The first-order valence-electron chi connectivity index (χ1n) is 15.4. The van der Waals surface area contributed by atoms with Crippen molar-refractivity contribution in [3.05, 3.63) is 94.3 Å². The van der Waals surface area contributed by atoms with Crippen molar-refractivity contribution >= 4 is 51.7 Å². The number of benzene rings is 3. The van der Waals surface area contributed by atoms with E-state index in [-0.39, 0.29) is 24.4 Å². The molecule has 0 aromatic heterocycles. The quantitative estimate of drug-likeness (QED) is 0.221. The SMILES string of the molecule is CC(C)(C)S(=O)NC(CCC1CC1)(c1cccc(C#N)c1)c1ccc(F)c(NC(=O)[C@H]2CC(=O)CN2C(=O)Nc2ccc(Cl)cc2)c1. The van der Waals surface area contributed by atoms with Gasteiger partial charge in [0, 0.05) is 17.1 Å². The summed E-state index contributed by atoms with van der Waals surface area (Å²) in [5.41, 5.74) is 0.821. The number of hydrogen-bond acceptors (Lipinski definition) is 5. The van der Waals surface area contributed by atoms with Gasteiger partial charge < -0.3 is 15.5 Å². The number of ketones is 1. The fraction of sp³-hybridized carbons (Fsp3) is 0.371. The molecule has 9 nitrogen and oxygen atoms in total. The number of hydrogen-bond donors (Lipinski definition) is 3. The number of carbonyl (C=O) groups is 3. The van der Waals surface area contributed by atoms with Crippen molar-refractivity contribution in [3.8, 4) is 6.07 Å². The molecule has 1 saturated heterocycles. The van der Waals surface area contributed by atoms with Crippen LogP contribution in [0.5, 0.6) is 0 Å². The fourth-order valence-corrected chi connectivity index (χ4v) is 6.67. The van der Waals surface area contributed by atoms with Crippen LogP contribution in [0, 0.1) is 23.1 Å². The minimum Gasteiger partial charge on any atom is -0.322 e. The fourth-order valence-electron chi connectivity index (χ4n) is 5.59. The molecule has 1 heterocycles. The highest BCUT2D eigenvalue weighted by Gasteiger charge is 2.42. The van der Waals surface area contributed by atoms with Crippen LogP contribution in [0.2, 0.25) is 5.02 Å². The lowest BCUT2D eigenvalue weighted by atomic mass is 9.79. The van der Waals surface area contributed by atoms with Crippen LogP contribution < -0.4 is 15.4 Å². The van der Waals surface area contributed by atoms with Crippen LogP contribution >= 0.6 is 11.6 Å². The Morgan fingerprint density at radius 2 is 1.74 bits per heavy atom. The van der Waals surface area contributed by atoms with Crippen LogP contribution in [0.15, 0.2) is 66.7 Å². The lowest BCUT2D eigenvalue weighted by molar-refractivity contribution is -0.121. The Hall–Kier alpha value is -4.11. The number of Topliss-reactive ketones (excluding diaryl/α,β-unsaturated/α-hetero) is 1. The first-order chi connectivity index (χ1) is 22.3.